The summed E-state index contributed by atoms with van der Waals surface area (Å²) in [6, 6.07) is 0. The Morgan fingerprint density at radius 2 is 1.67 bits per heavy atom. The second-order valence-corrected chi connectivity index (χ2v) is 6.36. The number of nitrogens with two attached hydrogens (primary N) is 1. The molecular weight excluding hydrogens is 383 g/mol. The number of nitrogens with zero attached hydrogens (tertiary/aromatic N) is 2. The summed E-state index contributed by atoms with van der Waals surface area (Å²) in [6.07, 6.45) is -0.445. The van der Waals surface area contributed by atoms with Gasteiger partial charge in [-0.3, -0.25) is 4.99 Å². The van der Waals surface area contributed by atoms with Crippen LogP contribution in [0.4, 0.5) is 4.79 Å². The van der Waals surface area contributed by atoms with Crippen LogP contribution in [0.15, 0.2) is 4.99 Å². The van der Waals surface area contributed by atoms with Crippen molar-refractivity contribution in [3.8, 4) is 0 Å². The van der Waals surface area contributed by atoms with Gasteiger partial charge >= 0.3 is 6.09 Å². The van der Waals surface area contributed by atoms with Gasteiger partial charge in [-0.25, -0.2) is 4.79 Å². The van der Waals surface area contributed by atoms with Gasteiger partial charge in [0, 0.05) is 13.1 Å². The van der Waals surface area contributed by atoms with Crippen molar-refractivity contribution in [2.75, 3.05) is 19.6 Å². The molecule has 0 fully saturated rings. The van der Waals surface area contributed by atoms with E-state index in [0.717, 1.165) is 13.1 Å². The van der Waals surface area contributed by atoms with E-state index in [0.29, 0.717) is 12.5 Å². The predicted octanol–water partition coefficient (Wildman–Crippen LogP) is 2.56. The molecule has 0 aromatic heterocycles. The molecule has 0 spiro atoms. The molecule has 0 aliphatic heterocycles. The molecule has 0 unspecified atom stereocenters. The van der Waals surface area contributed by atoms with Crippen LogP contribution in [0.1, 0.15) is 48.5 Å². The number of hydrogen-bond acceptors (Lipinski definition) is 3. The normalized spacial score (nSPS) is 12.4. The number of carbonyl (C=O) groups is 1. The third-order valence-corrected chi connectivity index (χ3v) is 2.56. The van der Waals surface area contributed by atoms with Gasteiger partial charge in [-0.1, -0.05) is 0 Å². The van der Waals surface area contributed by atoms with Crippen LogP contribution in [-0.4, -0.2) is 47.7 Å². The Morgan fingerprint density at radius 3 is 2.05 bits per heavy atom. The van der Waals surface area contributed by atoms with Crippen LogP contribution in [0, 0.1) is 0 Å². The molecule has 0 atom stereocenters. The van der Waals surface area contributed by atoms with E-state index >= 15 is 0 Å². The summed E-state index contributed by atoms with van der Waals surface area (Å²) in [4.78, 5) is 18.0. The van der Waals surface area contributed by atoms with E-state index in [2.05, 4.69) is 10.3 Å². The molecule has 6 nitrogen and oxygen atoms in total. The number of hydrogen-bond donors (Lipinski definition) is 2. The van der Waals surface area contributed by atoms with Crippen LogP contribution >= 0.6 is 24.0 Å². The van der Waals surface area contributed by atoms with Crippen molar-refractivity contribution in [1.29, 1.82) is 0 Å². The second kappa shape index (κ2) is 9.32. The van der Waals surface area contributed by atoms with Crippen LogP contribution in [0.25, 0.3) is 0 Å². The van der Waals surface area contributed by atoms with Crippen LogP contribution < -0.4 is 11.1 Å². The molecule has 0 aromatic rings. The number of aliphatic imine (C=N–C) groups is 1. The zero-order chi connectivity index (χ0) is 16.0. The summed E-state index contributed by atoms with van der Waals surface area (Å²) < 4.78 is 5.23. The van der Waals surface area contributed by atoms with Gasteiger partial charge in [0.2, 0.25) is 0 Å². The van der Waals surface area contributed by atoms with Crippen molar-refractivity contribution in [2.45, 2.75) is 59.6 Å². The Labute approximate surface area is 145 Å². The van der Waals surface area contributed by atoms with Gasteiger partial charge < -0.3 is 20.7 Å². The molecule has 21 heavy (non-hydrogen) atoms. The fourth-order valence-electron chi connectivity index (χ4n) is 1.55. The Morgan fingerprint density at radius 1 is 1.19 bits per heavy atom. The van der Waals surface area contributed by atoms with E-state index in [1.807, 2.05) is 53.4 Å². The van der Waals surface area contributed by atoms with Crippen molar-refractivity contribution in [1.82, 2.24) is 10.2 Å². The molecule has 0 aliphatic rings. The number of nitrogens with one attached hydrogen (secondary N) is 1. The van der Waals surface area contributed by atoms with Gasteiger partial charge in [-0.05, 0) is 48.5 Å². The van der Waals surface area contributed by atoms with Crippen molar-refractivity contribution in [2.24, 2.45) is 10.7 Å². The highest BCUT2D eigenvalue weighted by atomic mass is 127. The van der Waals surface area contributed by atoms with E-state index in [-0.39, 0.29) is 24.0 Å². The summed E-state index contributed by atoms with van der Waals surface area (Å²) in [6.45, 7) is 15.3. The fraction of sp³-hybridized carbons (Fsp3) is 0.857. The SMILES string of the molecule is CCN(CC)C(N)=NCC(C)(C)NC(=O)OC(C)(C)C.I. The zero-order valence-corrected chi connectivity index (χ0v) is 16.6. The molecule has 0 heterocycles. The number of halogens is 1. The average Bonchev–Trinajstić information content (AvgIpc) is 2.24. The van der Waals surface area contributed by atoms with E-state index in [4.69, 9.17) is 10.5 Å². The van der Waals surface area contributed by atoms with E-state index < -0.39 is 17.2 Å². The molecule has 0 saturated heterocycles. The Bertz CT molecular complexity index is 347. The average molecular weight is 414 g/mol. The number of rotatable bonds is 5. The van der Waals surface area contributed by atoms with Gasteiger partial charge in [0.1, 0.15) is 5.60 Å². The van der Waals surface area contributed by atoms with Crippen molar-refractivity contribution in [3.63, 3.8) is 0 Å². The topological polar surface area (TPSA) is 80.0 Å². The summed E-state index contributed by atoms with van der Waals surface area (Å²) in [5, 5.41) is 2.80. The first-order valence-electron chi connectivity index (χ1n) is 7.06. The minimum atomic E-state index is -0.514. The molecule has 7 heteroatoms. The van der Waals surface area contributed by atoms with Crippen LogP contribution in [-0.2, 0) is 4.74 Å². The number of alkyl carbamates (subject to hydrolysis) is 1. The Balaban J connectivity index is 0. The molecule has 126 valence electrons. The van der Waals surface area contributed by atoms with Crippen molar-refractivity contribution in [3.05, 3.63) is 0 Å². The predicted molar refractivity (Wildman–Crippen MR) is 98.3 cm³/mol. The highest BCUT2D eigenvalue weighted by Gasteiger charge is 2.24. The molecular formula is C14H31IN4O2. The zero-order valence-electron chi connectivity index (χ0n) is 14.3. The smallest absolute Gasteiger partial charge is 0.408 e. The maximum atomic E-state index is 11.7. The summed E-state index contributed by atoms with van der Waals surface area (Å²) >= 11 is 0. The van der Waals surface area contributed by atoms with Crippen LogP contribution in [0.5, 0.6) is 0 Å². The lowest BCUT2D eigenvalue weighted by Crippen LogP contribution is -2.48. The minimum Gasteiger partial charge on any atom is -0.444 e. The number of ether oxygens (including phenoxy) is 1. The quantitative estimate of drug-likeness (QED) is 0.412. The minimum absolute atomic E-state index is 0. The van der Waals surface area contributed by atoms with E-state index in [9.17, 15) is 4.79 Å². The molecule has 3 N–H and O–H groups in total. The monoisotopic (exact) mass is 414 g/mol. The summed E-state index contributed by atoms with van der Waals surface area (Å²) in [7, 11) is 0. The maximum Gasteiger partial charge on any atom is 0.408 e. The first-order chi connectivity index (χ1) is 9.00. The molecule has 0 aliphatic carbocycles. The third kappa shape index (κ3) is 10.6. The molecule has 1 amide bonds. The Kier molecular flexibility index (Phi) is 10.0. The first-order valence-corrected chi connectivity index (χ1v) is 7.06. The third-order valence-electron chi connectivity index (χ3n) is 2.56. The number of carbonyl (C=O) groups excluding carboxylic acids is 1. The molecule has 0 rings (SSSR count). The lowest BCUT2D eigenvalue weighted by Gasteiger charge is -2.28. The fourth-order valence-corrected chi connectivity index (χ4v) is 1.55. The Hall–Kier alpha value is -0.730. The lowest BCUT2D eigenvalue weighted by molar-refractivity contribution is 0.0476. The highest BCUT2D eigenvalue weighted by molar-refractivity contribution is 14.0. The standard InChI is InChI=1S/C14H30N4O2.HI/c1-8-18(9-2)11(15)16-10-14(6,7)17-12(19)20-13(3,4)5;/h8-10H2,1-7H3,(H2,15,16)(H,17,19);1H. The largest absolute Gasteiger partial charge is 0.444 e. The lowest BCUT2D eigenvalue weighted by atomic mass is 10.1. The second-order valence-electron chi connectivity index (χ2n) is 6.36. The summed E-state index contributed by atoms with van der Waals surface area (Å²) in [5.41, 5.74) is 4.89. The number of amides is 1. The van der Waals surface area contributed by atoms with Crippen LogP contribution in [0.3, 0.4) is 0 Å². The van der Waals surface area contributed by atoms with Crippen molar-refractivity contribution < 1.29 is 9.53 Å². The maximum absolute atomic E-state index is 11.7. The first kappa shape index (κ1) is 22.5. The molecule has 0 saturated carbocycles. The van der Waals surface area contributed by atoms with E-state index in [1.165, 1.54) is 0 Å². The highest BCUT2D eigenvalue weighted by Crippen LogP contribution is 2.09. The van der Waals surface area contributed by atoms with Gasteiger partial charge in [0.05, 0.1) is 12.1 Å². The summed E-state index contributed by atoms with van der Waals surface area (Å²) in [5.74, 6) is 0.495. The van der Waals surface area contributed by atoms with Crippen LogP contribution in [0.2, 0.25) is 0 Å². The van der Waals surface area contributed by atoms with Gasteiger partial charge in [-0.15, -0.1) is 24.0 Å². The molecule has 0 aromatic carbocycles. The molecule has 0 radical (unpaired) electrons. The van der Waals surface area contributed by atoms with E-state index in [1.54, 1.807) is 0 Å². The number of guanidine groups is 1. The van der Waals surface area contributed by atoms with Gasteiger partial charge in [0.15, 0.2) is 5.96 Å². The van der Waals surface area contributed by atoms with Gasteiger partial charge in [0.25, 0.3) is 0 Å². The molecule has 0 bridgehead atoms. The van der Waals surface area contributed by atoms with Crippen molar-refractivity contribution >= 4 is 36.0 Å². The van der Waals surface area contributed by atoms with Gasteiger partial charge in [-0.2, -0.15) is 0 Å².